The lowest BCUT2D eigenvalue weighted by Gasteiger charge is -2.17. The van der Waals surface area contributed by atoms with Gasteiger partial charge < -0.3 is 0 Å². The molecule has 0 aliphatic heterocycles. The number of aryl methyl sites for hydroxylation is 1. The number of benzene rings is 1. The van der Waals surface area contributed by atoms with Crippen LogP contribution in [0.15, 0.2) is 16.9 Å². The Hall–Kier alpha value is -2.05. The fourth-order valence-electron chi connectivity index (χ4n) is 3.59. The zero-order valence-electron chi connectivity index (χ0n) is 14.0. The van der Waals surface area contributed by atoms with Gasteiger partial charge in [0.2, 0.25) is 0 Å². The first-order valence-electron chi connectivity index (χ1n) is 8.40. The molecule has 0 N–H and O–H groups in total. The van der Waals surface area contributed by atoms with Gasteiger partial charge in [0, 0.05) is 24.2 Å². The molecule has 0 unspecified atom stereocenters. The molecule has 0 radical (unpaired) electrons. The van der Waals surface area contributed by atoms with Gasteiger partial charge in [0.15, 0.2) is 5.82 Å². The van der Waals surface area contributed by atoms with Crippen LogP contribution < -0.4 is 5.56 Å². The molecule has 3 nitrogen and oxygen atoms in total. The van der Waals surface area contributed by atoms with Gasteiger partial charge in [-0.2, -0.15) is 13.2 Å². The lowest BCUT2D eigenvalue weighted by atomic mass is 10.1. The summed E-state index contributed by atoms with van der Waals surface area (Å²) in [6, 6.07) is 1.94. The smallest absolute Gasteiger partial charge is 0.284 e. The number of hydrogen-bond acceptors (Lipinski definition) is 1. The van der Waals surface area contributed by atoms with Crippen molar-refractivity contribution in [2.24, 2.45) is 7.05 Å². The van der Waals surface area contributed by atoms with E-state index in [2.05, 4.69) is 0 Å². The summed E-state index contributed by atoms with van der Waals surface area (Å²) in [4.78, 5) is 13.0. The van der Waals surface area contributed by atoms with E-state index in [4.69, 9.17) is 0 Å². The SMILES string of the molecule is Cc1ccc(C(F)(F)F)c(-n2c(=O)c(C3CC3)c(C3CC3)n2C)c1F. The predicted molar refractivity (Wildman–Crippen MR) is 84.7 cm³/mol. The van der Waals surface area contributed by atoms with E-state index in [1.807, 2.05) is 0 Å². The highest BCUT2D eigenvalue weighted by Crippen LogP contribution is 2.48. The summed E-state index contributed by atoms with van der Waals surface area (Å²) in [5.41, 5.74) is -0.878. The molecule has 134 valence electrons. The van der Waals surface area contributed by atoms with Gasteiger partial charge >= 0.3 is 6.18 Å². The second-order valence-electron chi connectivity index (χ2n) is 7.08. The molecule has 0 amide bonds. The van der Waals surface area contributed by atoms with E-state index >= 15 is 0 Å². The maximum Gasteiger partial charge on any atom is 0.418 e. The summed E-state index contributed by atoms with van der Waals surface area (Å²) < 4.78 is 57.5. The molecule has 1 heterocycles. The van der Waals surface area contributed by atoms with E-state index < -0.39 is 28.8 Å². The Morgan fingerprint density at radius 1 is 1.08 bits per heavy atom. The fourth-order valence-corrected chi connectivity index (χ4v) is 3.59. The second-order valence-corrected chi connectivity index (χ2v) is 7.08. The van der Waals surface area contributed by atoms with Crippen molar-refractivity contribution in [3.8, 4) is 5.69 Å². The third kappa shape index (κ3) is 2.51. The van der Waals surface area contributed by atoms with Gasteiger partial charge in [-0.3, -0.25) is 9.48 Å². The minimum atomic E-state index is -4.74. The van der Waals surface area contributed by atoms with Crippen LogP contribution in [-0.2, 0) is 13.2 Å². The molecule has 2 aliphatic rings. The molecule has 0 bridgehead atoms. The topological polar surface area (TPSA) is 26.9 Å². The molecule has 2 aromatic rings. The quantitative estimate of drug-likeness (QED) is 0.751. The van der Waals surface area contributed by atoms with Crippen LogP contribution in [0.1, 0.15) is 59.9 Å². The normalized spacial score (nSPS) is 18.0. The van der Waals surface area contributed by atoms with Gasteiger partial charge in [-0.05, 0) is 50.2 Å². The van der Waals surface area contributed by atoms with Crippen LogP contribution in [0.4, 0.5) is 17.6 Å². The van der Waals surface area contributed by atoms with Gasteiger partial charge in [-0.25, -0.2) is 9.07 Å². The highest BCUT2D eigenvalue weighted by atomic mass is 19.4. The molecule has 25 heavy (non-hydrogen) atoms. The molecular formula is C18H18F4N2O. The summed E-state index contributed by atoms with van der Waals surface area (Å²) in [5.74, 6) is -0.711. The van der Waals surface area contributed by atoms with Gasteiger partial charge in [0.1, 0.15) is 5.69 Å². The number of alkyl halides is 3. The van der Waals surface area contributed by atoms with Crippen LogP contribution >= 0.6 is 0 Å². The Bertz CT molecular complexity index is 915. The van der Waals surface area contributed by atoms with Crippen molar-refractivity contribution in [1.82, 2.24) is 9.36 Å². The molecule has 2 aliphatic carbocycles. The summed E-state index contributed by atoms with van der Waals surface area (Å²) in [6.45, 7) is 1.40. The van der Waals surface area contributed by atoms with E-state index in [0.717, 1.165) is 48.2 Å². The largest absolute Gasteiger partial charge is 0.418 e. The van der Waals surface area contributed by atoms with Crippen molar-refractivity contribution in [2.75, 3.05) is 0 Å². The monoisotopic (exact) mass is 354 g/mol. The van der Waals surface area contributed by atoms with Crippen LogP contribution in [0, 0.1) is 12.7 Å². The van der Waals surface area contributed by atoms with Gasteiger partial charge in [-0.1, -0.05) is 6.07 Å². The third-order valence-corrected chi connectivity index (χ3v) is 5.12. The highest BCUT2D eigenvalue weighted by molar-refractivity contribution is 5.48. The Kier molecular flexibility index (Phi) is 3.43. The minimum Gasteiger partial charge on any atom is -0.284 e. The Morgan fingerprint density at radius 3 is 2.20 bits per heavy atom. The molecule has 1 aromatic carbocycles. The lowest BCUT2D eigenvalue weighted by Crippen LogP contribution is -2.26. The van der Waals surface area contributed by atoms with Crippen molar-refractivity contribution < 1.29 is 17.6 Å². The van der Waals surface area contributed by atoms with Crippen LogP contribution in [0.25, 0.3) is 5.69 Å². The first-order chi connectivity index (χ1) is 11.7. The van der Waals surface area contributed by atoms with Crippen LogP contribution in [0.5, 0.6) is 0 Å². The standard InChI is InChI=1S/C18H18F4N2O/c1-9-3-8-12(18(20,21)22)16(14(9)19)24-17(25)13(10-4-5-10)15(23(24)2)11-6-7-11/h3,8,10-11H,4-7H2,1-2H3. The van der Waals surface area contributed by atoms with Gasteiger partial charge in [0.25, 0.3) is 5.56 Å². The average molecular weight is 354 g/mol. The van der Waals surface area contributed by atoms with Crippen LogP contribution in [-0.4, -0.2) is 9.36 Å². The maximum absolute atomic E-state index is 14.7. The first-order valence-corrected chi connectivity index (χ1v) is 8.40. The number of nitrogens with zero attached hydrogens (tertiary/aromatic N) is 2. The minimum absolute atomic E-state index is 0.0806. The molecule has 1 aromatic heterocycles. The van der Waals surface area contributed by atoms with Crippen molar-refractivity contribution in [3.63, 3.8) is 0 Å². The first kappa shape index (κ1) is 16.4. The van der Waals surface area contributed by atoms with E-state index in [1.165, 1.54) is 11.6 Å². The van der Waals surface area contributed by atoms with Crippen molar-refractivity contribution in [1.29, 1.82) is 0 Å². The van der Waals surface area contributed by atoms with Crippen molar-refractivity contribution >= 4 is 0 Å². The Balaban J connectivity index is 2.05. The van der Waals surface area contributed by atoms with Crippen molar-refractivity contribution in [3.05, 3.63) is 50.7 Å². The summed E-state index contributed by atoms with van der Waals surface area (Å²) >= 11 is 0. The number of rotatable bonds is 3. The summed E-state index contributed by atoms with van der Waals surface area (Å²) in [5, 5.41) is 0. The molecular weight excluding hydrogens is 336 g/mol. The predicted octanol–water partition coefficient (Wildman–Crippen LogP) is 4.40. The van der Waals surface area contributed by atoms with Crippen molar-refractivity contribution in [2.45, 2.75) is 50.6 Å². The molecule has 2 saturated carbocycles. The molecule has 4 rings (SSSR count). The number of aromatic nitrogens is 2. The number of hydrogen-bond donors (Lipinski definition) is 0. The molecule has 7 heteroatoms. The molecule has 0 saturated heterocycles. The third-order valence-electron chi connectivity index (χ3n) is 5.12. The second kappa shape index (κ2) is 5.22. The summed E-state index contributed by atoms with van der Waals surface area (Å²) in [7, 11) is 1.56. The molecule has 2 fully saturated rings. The fraction of sp³-hybridized carbons (Fsp3) is 0.500. The molecule has 0 atom stereocenters. The molecule has 0 spiro atoms. The highest BCUT2D eigenvalue weighted by Gasteiger charge is 2.42. The van der Waals surface area contributed by atoms with Crippen LogP contribution in [0.2, 0.25) is 0 Å². The maximum atomic E-state index is 14.7. The zero-order valence-corrected chi connectivity index (χ0v) is 14.0. The summed E-state index contributed by atoms with van der Waals surface area (Å²) in [6.07, 6.45) is -1.19. The van der Waals surface area contributed by atoms with E-state index in [-0.39, 0.29) is 17.4 Å². The van der Waals surface area contributed by atoms with E-state index in [1.54, 1.807) is 7.05 Å². The number of halogens is 4. The Morgan fingerprint density at radius 2 is 1.68 bits per heavy atom. The van der Waals surface area contributed by atoms with E-state index in [0.29, 0.717) is 5.56 Å². The lowest BCUT2D eigenvalue weighted by molar-refractivity contribution is -0.137. The average Bonchev–Trinajstić information content (AvgIpc) is 3.41. The van der Waals surface area contributed by atoms with Gasteiger partial charge in [0.05, 0.1) is 5.56 Å². The zero-order chi connectivity index (χ0) is 18.1. The Labute approximate surface area is 141 Å². The van der Waals surface area contributed by atoms with Crippen LogP contribution in [0.3, 0.4) is 0 Å². The van der Waals surface area contributed by atoms with E-state index in [9.17, 15) is 22.4 Å². The van der Waals surface area contributed by atoms with Gasteiger partial charge in [-0.15, -0.1) is 0 Å².